The molecule has 0 atom stereocenters. The lowest BCUT2D eigenvalue weighted by Gasteiger charge is -2.25. The first-order chi connectivity index (χ1) is 24.3. The Kier molecular flexibility index (Phi) is 6.49. The Bertz CT molecular complexity index is 2690. The topological polar surface area (TPSA) is 13.1 Å². The van der Waals surface area contributed by atoms with Crippen molar-refractivity contribution in [1.29, 1.82) is 0 Å². The fourth-order valence-electron chi connectivity index (χ4n) is 8.95. The molecule has 1 heteroatoms. The Morgan fingerprint density at radius 2 is 1.14 bits per heavy atom. The van der Waals surface area contributed by atoms with Crippen LogP contribution in [-0.2, 0) is 12.8 Å². The molecule has 7 aromatic carbocycles. The zero-order valence-electron chi connectivity index (χ0n) is 27.7. The first kappa shape index (κ1) is 28.4. The lowest BCUT2D eigenvalue weighted by Crippen LogP contribution is -2.05. The van der Waals surface area contributed by atoms with Crippen LogP contribution in [0.3, 0.4) is 0 Å². The molecule has 0 aliphatic heterocycles. The smallest absolute Gasteiger partial charge is 0.143 e. The summed E-state index contributed by atoms with van der Waals surface area (Å²) in [6, 6.07) is 40.2. The van der Waals surface area contributed by atoms with Crippen molar-refractivity contribution in [2.45, 2.75) is 39.0 Å². The van der Waals surface area contributed by atoms with Crippen molar-refractivity contribution in [3.05, 3.63) is 156 Å². The Balaban J connectivity index is 1.31. The third-order valence-electron chi connectivity index (χ3n) is 10.9. The van der Waals surface area contributed by atoms with Gasteiger partial charge in [0.2, 0.25) is 0 Å². The lowest BCUT2D eigenvalue weighted by atomic mass is 9.79. The van der Waals surface area contributed by atoms with Crippen LogP contribution in [0.1, 0.15) is 48.4 Å². The predicted octanol–water partition coefficient (Wildman–Crippen LogP) is 13.6. The molecule has 0 unspecified atom stereocenters. The van der Waals surface area contributed by atoms with E-state index in [9.17, 15) is 0 Å². The molecule has 0 saturated carbocycles. The number of hydrogen-bond acceptors (Lipinski definition) is 1. The summed E-state index contributed by atoms with van der Waals surface area (Å²) in [4.78, 5) is 0. The van der Waals surface area contributed by atoms with Crippen molar-refractivity contribution in [2.75, 3.05) is 0 Å². The van der Waals surface area contributed by atoms with Gasteiger partial charge in [-0.05, 0) is 109 Å². The Morgan fingerprint density at radius 3 is 1.84 bits per heavy atom. The molecule has 8 aromatic rings. The van der Waals surface area contributed by atoms with E-state index in [0.717, 1.165) is 54.2 Å². The van der Waals surface area contributed by atoms with Crippen LogP contribution in [0.5, 0.6) is 0 Å². The highest BCUT2D eigenvalue weighted by molar-refractivity contribution is 6.23. The summed E-state index contributed by atoms with van der Waals surface area (Å²) >= 11 is 0. The van der Waals surface area contributed by atoms with E-state index in [2.05, 4.69) is 146 Å². The summed E-state index contributed by atoms with van der Waals surface area (Å²) < 4.78 is 6.99. The minimum absolute atomic E-state index is 0.929. The van der Waals surface area contributed by atoms with Gasteiger partial charge < -0.3 is 4.42 Å². The number of hydrogen-bond donors (Lipinski definition) is 0. The van der Waals surface area contributed by atoms with Crippen molar-refractivity contribution < 1.29 is 4.42 Å². The number of furan rings is 1. The number of benzene rings is 7. The third kappa shape index (κ3) is 4.18. The number of aryl methyl sites for hydroxylation is 1. The maximum Gasteiger partial charge on any atom is 0.143 e. The van der Waals surface area contributed by atoms with Gasteiger partial charge in [0.05, 0.1) is 0 Å². The van der Waals surface area contributed by atoms with Crippen molar-refractivity contribution in [3.8, 4) is 22.3 Å². The van der Waals surface area contributed by atoms with Crippen LogP contribution in [0.2, 0.25) is 0 Å². The molecule has 49 heavy (non-hydrogen) atoms. The quantitative estimate of drug-likeness (QED) is 0.177. The number of allylic oxidation sites excluding steroid dienone is 5. The Labute approximate surface area is 286 Å². The van der Waals surface area contributed by atoms with E-state index in [1.807, 2.05) is 0 Å². The summed E-state index contributed by atoms with van der Waals surface area (Å²) in [6.07, 6.45) is 17.2. The number of fused-ring (bicyclic) bond motifs is 7. The summed E-state index contributed by atoms with van der Waals surface area (Å²) in [5.41, 5.74) is 13.8. The standard InChI is InChI=1S/C48H36O/c1-2-31-32-18-6-8-20-34(32)46(35-21-9-7-19-33(31)35)41-27-14-28-42-47-40(26-15-29-43(47)49-48(41)42)45-38-24-12-10-22-36(38)44(30-16-4-3-5-17-30)37-23-11-13-25-39(37)45/h4,6-10,12-22,24-29H,2-3,5,11,23H2,1H3. The molecule has 1 nitrogen and oxygen atoms in total. The molecule has 1 heterocycles. The fraction of sp³-hybridized carbons (Fsp3) is 0.125. The Morgan fingerprint density at radius 1 is 0.531 bits per heavy atom. The highest BCUT2D eigenvalue weighted by atomic mass is 16.3. The lowest BCUT2D eigenvalue weighted by molar-refractivity contribution is 0.670. The van der Waals surface area contributed by atoms with E-state index in [1.54, 1.807) is 0 Å². The van der Waals surface area contributed by atoms with E-state index in [-0.39, 0.29) is 0 Å². The van der Waals surface area contributed by atoms with E-state index in [1.165, 1.54) is 82.2 Å². The summed E-state index contributed by atoms with van der Waals surface area (Å²) in [5.74, 6) is 0. The van der Waals surface area contributed by atoms with Crippen LogP contribution >= 0.6 is 0 Å². The van der Waals surface area contributed by atoms with Crippen LogP contribution in [0.15, 0.2) is 138 Å². The molecule has 0 radical (unpaired) electrons. The summed E-state index contributed by atoms with van der Waals surface area (Å²) in [6.45, 7) is 2.27. The molecule has 2 aliphatic rings. The second-order valence-electron chi connectivity index (χ2n) is 13.5. The van der Waals surface area contributed by atoms with E-state index < -0.39 is 0 Å². The highest BCUT2D eigenvalue weighted by Gasteiger charge is 2.25. The van der Waals surface area contributed by atoms with Gasteiger partial charge in [-0.25, -0.2) is 0 Å². The monoisotopic (exact) mass is 628 g/mol. The van der Waals surface area contributed by atoms with Crippen molar-refractivity contribution >= 4 is 65.9 Å². The molecule has 0 N–H and O–H groups in total. The summed E-state index contributed by atoms with van der Waals surface area (Å²) in [5, 5.41) is 10.2. The number of rotatable bonds is 4. The van der Waals surface area contributed by atoms with Crippen molar-refractivity contribution in [1.82, 2.24) is 0 Å². The maximum absolute atomic E-state index is 6.99. The first-order valence-corrected chi connectivity index (χ1v) is 17.8. The molecule has 234 valence electrons. The zero-order chi connectivity index (χ0) is 32.5. The van der Waals surface area contributed by atoms with E-state index >= 15 is 0 Å². The Hall–Kier alpha value is -5.66. The molecule has 1 aromatic heterocycles. The van der Waals surface area contributed by atoms with Crippen molar-refractivity contribution in [2.24, 2.45) is 0 Å². The van der Waals surface area contributed by atoms with Crippen molar-refractivity contribution in [3.63, 3.8) is 0 Å². The van der Waals surface area contributed by atoms with Gasteiger partial charge in [-0.3, -0.25) is 0 Å². The van der Waals surface area contributed by atoms with E-state index in [4.69, 9.17) is 4.42 Å². The first-order valence-electron chi connectivity index (χ1n) is 17.8. The molecule has 2 aliphatic carbocycles. The SMILES string of the molecule is CCc1c2ccccc2c(-c2cccc3c2oc2cccc(-c4c5c(c(C6=CCCC=C6)c6ccccc46)CCC=C5)c23)c2ccccc12. The average Bonchev–Trinajstić information content (AvgIpc) is 3.56. The number of para-hydroxylation sites is 1. The zero-order valence-corrected chi connectivity index (χ0v) is 27.7. The molecular weight excluding hydrogens is 593 g/mol. The van der Waals surface area contributed by atoms with Gasteiger partial charge in [0, 0.05) is 21.9 Å². The highest BCUT2D eigenvalue weighted by Crippen LogP contribution is 2.49. The fourth-order valence-corrected chi connectivity index (χ4v) is 8.95. The molecule has 10 rings (SSSR count). The second-order valence-corrected chi connectivity index (χ2v) is 13.5. The molecule has 0 amide bonds. The van der Waals surface area contributed by atoms with Gasteiger partial charge in [0.1, 0.15) is 11.2 Å². The van der Waals surface area contributed by atoms with Crippen LogP contribution in [0.25, 0.3) is 88.2 Å². The minimum atomic E-state index is 0.929. The van der Waals surface area contributed by atoms with Gasteiger partial charge in [-0.15, -0.1) is 0 Å². The van der Waals surface area contributed by atoms with Gasteiger partial charge in [-0.1, -0.05) is 140 Å². The maximum atomic E-state index is 6.99. The van der Waals surface area contributed by atoms with Gasteiger partial charge in [-0.2, -0.15) is 0 Å². The van der Waals surface area contributed by atoms with Crippen LogP contribution in [0, 0.1) is 0 Å². The van der Waals surface area contributed by atoms with Gasteiger partial charge in [0.25, 0.3) is 0 Å². The molecule has 0 fully saturated rings. The molecule has 0 spiro atoms. The molecule has 0 saturated heterocycles. The normalized spacial score (nSPS) is 14.3. The average molecular weight is 629 g/mol. The molecular formula is C48H36O. The summed E-state index contributed by atoms with van der Waals surface area (Å²) in [7, 11) is 0. The van der Waals surface area contributed by atoms with Gasteiger partial charge in [0.15, 0.2) is 0 Å². The largest absolute Gasteiger partial charge is 0.455 e. The second kappa shape index (κ2) is 11.2. The van der Waals surface area contributed by atoms with Crippen LogP contribution in [-0.4, -0.2) is 0 Å². The van der Waals surface area contributed by atoms with Gasteiger partial charge >= 0.3 is 0 Å². The van der Waals surface area contributed by atoms with Crippen LogP contribution < -0.4 is 0 Å². The predicted molar refractivity (Wildman–Crippen MR) is 210 cm³/mol. The van der Waals surface area contributed by atoms with Crippen LogP contribution in [0.4, 0.5) is 0 Å². The van der Waals surface area contributed by atoms with E-state index in [0.29, 0.717) is 0 Å². The molecule has 0 bridgehead atoms. The third-order valence-corrected chi connectivity index (χ3v) is 10.9. The minimum Gasteiger partial charge on any atom is -0.455 e.